The maximum absolute atomic E-state index is 6.02. The first kappa shape index (κ1) is 30.1. The van der Waals surface area contributed by atoms with Crippen molar-refractivity contribution in [3.8, 4) is 11.9 Å². The van der Waals surface area contributed by atoms with E-state index in [-0.39, 0.29) is 0 Å². The molecule has 6 heterocycles. The number of hydrogen-bond donors (Lipinski definition) is 2. The number of rotatable bonds is 7. The smallest absolute Gasteiger partial charge is 0.254 e. The Hall–Kier alpha value is -3.34. The fourth-order valence-corrected chi connectivity index (χ4v) is 5.93. The van der Waals surface area contributed by atoms with Gasteiger partial charge in [0, 0.05) is 57.6 Å². The lowest BCUT2D eigenvalue weighted by molar-refractivity contribution is 0.180. The molecule has 2 atom stereocenters. The van der Waals surface area contributed by atoms with E-state index >= 15 is 0 Å². The summed E-state index contributed by atoms with van der Waals surface area (Å²) in [5.74, 6) is 3.43. The number of anilines is 4. The Kier molecular flexibility index (Phi) is 9.55. The van der Waals surface area contributed by atoms with Gasteiger partial charge in [0.2, 0.25) is 0 Å². The quantitative estimate of drug-likeness (QED) is 0.290. The molecule has 4 aromatic heterocycles. The first-order valence-corrected chi connectivity index (χ1v) is 15.2. The third kappa shape index (κ3) is 6.50. The Morgan fingerprint density at radius 3 is 2.00 bits per heavy atom. The first-order valence-electron chi connectivity index (χ1n) is 13.6. The van der Waals surface area contributed by atoms with Crippen LogP contribution >= 0.6 is 31.9 Å². The molecule has 2 aliphatic heterocycles. The molecular formula is C26H35Br2N13O. The lowest BCUT2D eigenvalue weighted by atomic mass is 10.2. The second-order valence-electron chi connectivity index (χ2n) is 10.3. The van der Waals surface area contributed by atoms with E-state index in [1.807, 2.05) is 12.1 Å². The number of methoxy groups -OCH3 is 1. The van der Waals surface area contributed by atoms with Crippen LogP contribution in [0.5, 0.6) is 0 Å². The number of aromatic nitrogens is 8. The third-order valence-electron chi connectivity index (χ3n) is 7.32. The first-order chi connectivity index (χ1) is 20.3. The normalized spacial score (nSPS) is 18.5. The Bertz CT molecular complexity index is 1470. The van der Waals surface area contributed by atoms with Gasteiger partial charge in [0.25, 0.3) is 11.9 Å². The summed E-state index contributed by atoms with van der Waals surface area (Å²) in [5, 5.41) is 8.32. The van der Waals surface area contributed by atoms with Gasteiger partial charge in [0.05, 0.1) is 12.6 Å². The van der Waals surface area contributed by atoms with Crippen LogP contribution in [0, 0.1) is 0 Å². The molecule has 0 amide bonds. The Labute approximate surface area is 261 Å². The Balaban J connectivity index is 0.000000168. The number of nitrogens with zero attached hydrogens (tertiary/aromatic N) is 11. The minimum absolute atomic E-state index is 0.311. The molecule has 2 fully saturated rings. The maximum atomic E-state index is 6.02. The molecular weight excluding hydrogens is 670 g/mol. The highest BCUT2D eigenvalue weighted by molar-refractivity contribution is 9.11. The molecule has 2 saturated heterocycles. The molecule has 2 aliphatic rings. The summed E-state index contributed by atoms with van der Waals surface area (Å²) in [5.41, 5.74) is 12.0. The van der Waals surface area contributed by atoms with Crippen molar-refractivity contribution in [2.24, 2.45) is 0 Å². The van der Waals surface area contributed by atoms with Crippen LogP contribution < -0.4 is 21.3 Å². The molecule has 2 unspecified atom stereocenters. The Morgan fingerprint density at radius 2 is 1.48 bits per heavy atom. The van der Waals surface area contributed by atoms with Gasteiger partial charge in [-0.15, -0.1) is 0 Å². The third-order valence-corrected chi connectivity index (χ3v) is 8.84. The second-order valence-corrected chi connectivity index (χ2v) is 11.9. The minimum atomic E-state index is 0.311. The van der Waals surface area contributed by atoms with Crippen LogP contribution in [0.3, 0.4) is 0 Å². The van der Waals surface area contributed by atoms with Gasteiger partial charge in [0.15, 0.2) is 11.6 Å². The van der Waals surface area contributed by atoms with Gasteiger partial charge in [-0.25, -0.2) is 9.36 Å². The molecule has 0 radical (unpaired) electrons. The second kappa shape index (κ2) is 13.3. The number of ether oxygens (including phenoxy) is 1. The van der Waals surface area contributed by atoms with Crippen LogP contribution in [0.25, 0.3) is 11.9 Å². The molecule has 6 rings (SSSR count). The van der Waals surface area contributed by atoms with Crippen molar-refractivity contribution in [2.45, 2.75) is 31.3 Å². The lowest BCUT2D eigenvalue weighted by Crippen LogP contribution is -2.34. The minimum Gasteiger partial charge on any atom is -0.383 e. The van der Waals surface area contributed by atoms with Crippen LogP contribution in [0.2, 0.25) is 0 Å². The van der Waals surface area contributed by atoms with Crippen LogP contribution in [0.1, 0.15) is 19.3 Å². The van der Waals surface area contributed by atoms with Gasteiger partial charge < -0.3 is 30.9 Å². The summed E-state index contributed by atoms with van der Waals surface area (Å²) in [7, 11) is 5.93. The molecule has 0 aromatic carbocycles. The van der Waals surface area contributed by atoms with Gasteiger partial charge in [-0.05, 0) is 77.4 Å². The highest BCUT2D eigenvalue weighted by atomic mass is 79.9. The van der Waals surface area contributed by atoms with E-state index in [2.05, 4.69) is 90.8 Å². The molecule has 0 aliphatic carbocycles. The van der Waals surface area contributed by atoms with E-state index in [0.717, 1.165) is 59.5 Å². The zero-order chi connectivity index (χ0) is 29.8. The number of likely N-dealkylation sites (N-methyl/N-ethyl adjacent to an activating group) is 1. The van der Waals surface area contributed by atoms with Crippen molar-refractivity contribution < 1.29 is 4.74 Å². The van der Waals surface area contributed by atoms with Crippen molar-refractivity contribution >= 4 is 55.1 Å². The maximum Gasteiger partial charge on any atom is 0.254 e. The summed E-state index contributed by atoms with van der Waals surface area (Å²) >= 11 is 7.01. The van der Waals surface area contributed by atoms with Crippen LogP contribution in [-0.4, -0.2) is 104 Å². The van der Waals surface area contributed by atoms with Crippen molar-refractivity contribution in [2.75, 3.05) is 68.7 Å². The van der Waals surface area contributed by atoms with E-state index in [1.54, 1.807) is 41.3 Å². The molecule has 42 heavy (non-hydrogen) atoms. The fraction of sp³-hybridized carbons (Fsp3) is 0.462. The molecule has 0 spiro atoms. The van der Waals surface area contributed by atoms with E-state index < -0.39 is 0 Å². The van der Waals surface area contributed by atoms with Gasteiger partial charge in [-0.2, -0.15) is 30.1 Å². The lowest BCUT2D eigenvalue weighted by Gasteiger charge is -2.26. The van der Waals surface area contributed by atoms with Gasteiger partial charge in [-0.3, -0.25) is 0 Å². The highest BCUT2D eigenvalue weighted by Crippen LogP contribution is 2.34. The average molecular weight is 705 g/mol. The summed E-state index contributed by atoms with van der Waals surface area (Å²) in [4.78, 5) is 24.5. The number of nitrogens with two attached hydrogens (primary N) is 2. The summed E-state index contributed by atoms with van der Waals surface area (Å²) < 4.78 is 9.99. The van der Waals surface area contributed by atoms with Crippen molar-refractivity contribution in [3.05, 3.63) is 45.9 Å². The van der Waals surface area contributed by atoms with E-state index in [4.69, 9.17) is 16.2 Å². The van der Waals surface area contributed by atoms with Crippen molar-refractivity contribution in [3.63, 3.8) is 0 Å². The molecule has 0 saturated carbocycles. The van der Waals surface area contributed by atoms with Gasteiger partial charge in [-0.1, -0.05) is 0 Å². The topological polar surface area (TPSA) is 158 Å². The number of nitrogen functional groups attached to an aromatic ring is 2. The molecule has 16 heteroatoms. The van der Waals surface area contributed by atoms with Crippen molar-refractivity contribution in [1.82, 2.24) is 44.4 Å². The van der Waals surface area contributed by atoms with E-state index in [9.17, 15) is 0 Å². The van der Waals surface area contributed by atoms with Crippen LogP contribution in [0.15, 0.2) is 45.9 Å². The largest absolute Gasteiger partial charge is 0.383 e. The Morgan fingerprint density at radius 1 is 0.881 bits per heavy atom. The molecule has 0 bridgehead atoms. The SMILES string of the molecule is CN(C)C1CCN(c2nc(-n3cccn3)nc(N)c2Br)C1.COCC1CCCN1c1nc(-n2cccn2)nc(N)c1Br. The zero-order valence-electron chi connectivity index (χ0n) is 23.8. The summed E-state index contributed by atoms with van der Waals surface area (Å²) in [6.07, 6.45) is 10.3. The van der Waals surface area contributed by atoms with Crippen LogP contribution in [0.4, 0.5) is 23.3 Å². The standard InChI is InChI=1S/C13H18BrN7.C13H17BrN6O/c1-19(2)9-4-7-20(8-9)12-10(14)11(15)17-13(18-12)21-6-3-5-16-21;1-21-8-9-4-2-6-19(9)12-10(14)11(15)17-13(18-12)20-7-3-5-16-20/h3,5-6,9H,4,7-8H2,1-2H3,(H2,15,17,18);3,5,7,9H,2,4,6,8H2,1H3,(H2,15,17,18). The van der Waals surface area contributed by atoms with E-state index in [0.29, 0.717) is 42.2 Å². The fourth-order valence-electron chi connectivity index (χ4n) is 5.10. The molecule has 224 valence electrons. The van der Waals surface area contributed by atoms with Crippen LogP contribution in [-0.2, 0) is 4.74 Å². The van der Waals surface area contributed by atoms with Gasteiger partial charge >= 0.3 is 0 Å². The summed E-state index contributed by atoms with van der Waals surface area (Å²) in [6.45, 7) is 3.49. The number of halogens is 2. The average Bonchev–Trinajstić information content (AvgIpc) is 3.80. The summed E-state index contributed by atoms with van der Waals surface area (Å²) in [6, 6.07) is 4.50. The number of hydrogen-bond acceptors (Lipinski definition) is 12. The monoisotopic (exact) mass is 703 g/mol. The molecule has 14 nitrogen and oxygen atoms in total. The predicted octanol–water partition coefficient (Wildman–Crippen LogP) is 2.77. The van der Waals surface area contributed by atoms with E-state index in [1.165, 1.54) is 0 Å². The predicted molar refractivity (Wildman–Crippen MR) is 169 cm³/mol. The zero-order valence-corrected chi connectivity index (χ0v) is 27.0. The van der Waals surface area contributed by atoms with Crippen molar-refractivity contribution in [1.29, 1.82) is 0 Å². The van der Waals surface area contributed by atoms with Gasteiger partial charge in [0.1, 0.15) is 20.6 Å². The molecule has 4 N–H and O–H groups in total. The molecule has 4 aromatic rings. The highest BCUT2D eigenvalue weighted by Gasteiger charge is 2.29.